The van der Waals surface area contributed by atoms with E-state index in [1.54, 1.807) is 19.1 Å². The van der Waals surface area contributed by atoms with Crippen molar-refractivity contribution in [2.24, 2.45) is 0 Å². The summed E-state index contributed by atoms with van der Waals surface area (Å²) in [7, 11) is -3.56. The Morgan fingerprint density at radius 1 is 1.37 bits per heavy atom. The average Bonchev–Trinajstić information content (AvgIpc) is 2.27. The van der Waals surface area contributed by atoms with Crippen molar-refractivity contribution in [2.45, 2.75) is 57.1 Å². The smallest absolute Gasteiger partial charge is 0.241 e. The van der Waals surface area contributed by atoms with Crippen molar-refractivity contribution in [3.05, 3.63) is 29.8 Å². The number of hydrogen-bond donors (Lipinski definition) is 2. The Bertz CT molecular complexity index is 521. The lowest BCUT2D eigenvalue weighted by Crippen LogP contribution is -2.43. The number of aliphatic hydroxyl groups excluding tert-OH is 1. The van der Waals surface area contributed by atoms with E-state index in [4.69, 9.17) is 0 Å². The minimum absolute atomic E-state index is 0.190. The van der Waals surface area contributed by atoms with E-state index < -0.39 is 21.7 Å². The van der Waals surface area contributed by atoms with Crippen molar-refractivity contribution >= 4 is 10.0 Å². The fourth-order valence-electron chi connectivity index (χ4n) is 2.04. The van der Waals surface area contributed by atoms with E-state index in [9.17, 15) is 13.5 Å². The standard InChI is InChI=1S/C14H23NO3S/c1-5-9-14(3,4)15-19(17,18)13-8-6-7-12(10-13)11(2)16/h6-8,10-11,15-16H,5,9H2,1-4H3. The zero-order chi connectivity index (χ0) is 14.7. The minimum atomic E-state index is -3.56. The molecule has 1 atom stereocenters. The number of aliphatic hydroxyl groups is 1. The Kier molecular flexibility index (Phi) is 5.12. The first kappa shape index (κ1) is 16.1. The monoisotopic (exact) mass is 285 g/mol. The summed E-state index contributed by atoms with van der Waals surface area (Å²) in [5.74, 6) is 0. The van der Waals surface area contributed by atoms with Crippen LogP contribution in [0.3, 0.4) is 0 Å². The maximum absolute atomic E-state index is 12.3. The summed E-state index contributed by atoms with van der Waals surface area (Å²) in [4.78, 5) is 0.190. The maximum Gasteiger partial charge on any atom is 0.241 e. The van der Waals surface area contributed by atoms with Gasteiger partial charge >= 0.3 is 0 Å². The molecule has 0 aromatic heterocycles. The fourth-order valence-corrected chi connectivity index (χ4v) is 3.54. The Balaban J connectivity index is 3.04. The predicted octanol–water partition coefficient (Wildman–Crippen LogP) is 2.60. The van der Waals surface area contributed by atoms with E-state index >= 15 is 0 Å². The normalized spacial score (nSPS) is 14.4. The summed E-state index contributed by atoms with van der Waals surface area (Å²) in [6, 6.07) is 6.40. The molecule has 0 heterocycles. The predicted molar refractivity (Wildman–Crippen MR) is 76.4 cm³/mol. The van der Waals surface area contributed by atoms with E-state index in [0.29, 0.717) is 5.56 Å². The number of sulfonamides is 1. The van der Waals surface area contributed by atoms with Crippen molar-refractivity contribution in [1.82, 2.24) is 4.72 Å². The van der Waals surface area contributed by atoms with Crippen LogP contribution in [-0.4, -0.2) is 19.1 Å². The van der Waals surface area contributed by atoms with Crippen LogP contribution in [0.4, 0.5) is 0 Å². The first-order chi connectivity index (χ1) is 8.68. The van der Waals surface area contributed by atoms with E-state index in [1.165, 1.54) is 12.1 Å². The van der Waals surface area contributed by atoms with Crippen LogP contribution < -0.4 is 4.72 Å². The quantitative estimate of drug-likeness (QED) is 0.844. The third-order valence-corrected chi connectivity index (χ3v) is 4.63. The molecule has 1 rings (SSSR count). The van der Waals surface area contributed by atoms with Crippen LogP contribution in [0.15, 0.2) is 29.2 Å². The van der Waals surface area contributed by atoms with Crippen LogP contribution in [0.2, 0.25) is 0 Å². The van der Waals surface area contributed by atoms with Gasteiger partial charge in [0.2, 0.25) is 10.0 Å². The molecule has 0 spiro atoms. The highest BCUT2D eigenvalue weighted by atomic mass is 32.2. The van der Waals surface area contributed by atoms with E-state index in [0.717, 1.165) is 12.8 Å². The van der Waals surface area contributed by atoms with Crippen LogP contribution in [-0.2, 0) is 10.0 Å². The van der Waals surface area contributed by atoms with Gasteiger partial charge in [0.1, 0.15) is 0 Å². The lowest BCUT2D eigenvalue weighted by molar-refractivity contribution is 0.199. The molecule has 2 N–H and O–H groups in total. The highest BCUT2D eigenvalue weighted by molar-refractivity contribution is 7.89. The summed E-state index contributed by atoms with van der Waals surface area (Å²) < 4.78 is 27.3. The third kappa shape index (κ3) is 4.60. The molecule has 0 radical (unpaired) electrons. The van der Waals surface area contributed by atoms with Crippen LogP contribution in [0.5, 0.6) is 0 Å². The molecule has 0 amide bonds. The third-order valence-electron chi connectivity index (χ3n) is 2.94. The van der Waals surface area contributed by atoms with Gasteiger partial charge in [-0.2, -0.15) is 0 Å². The molecule has 0 aliphatic rings. The molecule has 108 valence electrons. The fraction of sp³-hybridized carbons (Fsp3) is 0.571. The summed E-state index contributed by atoms with van der Waals surface area (Å²) in [5, 5.41) is 9.52. The van der Waals surface area contributed by atoms with Gasteiger partial charge in [-0.25, -0.2) is 13.1 Å². The van der Waals surface area contributed by atoms with Crippen LogP contribution >= 0.6 is 0 Å². The van der Waals surface area contributed by atoms with Gasteiger partial charge in [-0.1, -0.05) is 25.5 Å². The zero-order valence-corrected chi connectivity index (χ0v) is 12.8. The van der Waals surface area contributed by atoms with Gasteiger partial charge in [-0.3, -0.25) is 0 Å². The Morgan fingerprint density at radius 2 is 2.00 bits per heavy atom. The Hall–Kier alpha value is -0.910. The van der Waals surface area contributed by atoms with Crippen molar-refractivity contribution in [2.75, 3.05) is 0 Å². The molecule has 0 aliphatic carbocycles. The Morgan fingerprint density at radius 3 is 2.53 bits per heavy atom. The second kappa shape index (κ2) is 6.03. The van der Waals surface area contributed by atoms with E-state index in [1.807, 2.05) is 20.8 Å². The summed E-state index contributed by atoms with van der Waals surface area (Å²) in [6.45, 7) is 7.36. The molecule has 1 unspecified atom stereocenters. The van der Waals surface area contributed by atoms with Crippen molar-refractivity contribution in [1.29, 1.82) is 0 Å². The summed E-state index contributed by atoms with van der Waals surface area (Å²) in [6.07, 6.45) is 0.991. The molecule has 5 heteroatoms. The van der Waals surface area contributed by atoms with Crippen molar-refractivity contribution < 1.29 is 13.5 Å². The van der Waals surface area contributed by atoms with Crippen LogP contribution in [0.25, 0.3) is 0 Å². The number of benzene rings is 1. The zero-order valence-electron chi connectivity index (χ0n) is 12.0. The molecule has 0 aliphatic heterocycles. The van der Waals surface area contributed by atoms with Gasteiger partial charge in [-0.05, 0) is 44.9 Å². The highest BCUT2D eigenvalue weighted by Gasteiger charge is 2.25. The summed E-state index contributed by atoms with van der Waals surface area (Å²) >= 11 is 0. The van der Waals surface area contributed by atoms with Gasteiger partial charge in [0.05, 0.1) is 11.0 Å². The maximum atomic E-state index is 12.3. The molecule has 0 fully saturated rings. The van der Waals surface area contributed by atoms with E-state index in [-0.39, 0.29) is 4.90 Å². The number of nitrogens with one attached hydrogen (secondary N) is 1. The summed E-state index contributed by atoms with van der Waals surface area (Å²) in [5.41, 5.74) is 0.116. The molecule has 1 aromatic rings. The first-order valence-corrected chi connectivity index (χ1v) is 7.98. The molecule has 19 heavy (non-hydrogen) atoms. The average molecular weight is 285 g/mol. The van der Waals surface area contributed by atoms with Crippen molar-refractivity contribution in [3.8, 4) is 0 Å². The molecule has 0 bridgehead atoms. The van der Waals surface area contributed by atoms with E-state index in [2.05, 4.69) is 4.72 Å². The molecule has 4 nitrogen and oxygen atoms in total. The second-order valence-corrected chi connectivity index (χ2v) is 7.17. The molecular formula is C14H23NO3S. The van der Waals surface area contributed by atoms with Gasteiger partial charge in [-0.15, -0.1) is 0 Å². The highest BCUT2D eigenvalue weighted by Crippen LogP contribution is 2.20. The lowest BCUT2D eigenvalue weighted by Gasteiger charge is -2.25. The SMILES string of the molecule is CCCC(C)(C)NS(=O)(=O)c1cccc(C(C)O)c1. The van der Waals surface area contributed by atoms with Gasteiger partial charge in [0, 0.05) is 5.54 Å². The minimum Gasteiger partial charge on any atom is -0.389 e. The first-order valence-electron chi connectivity index (χ1n) is 6.50. The molecule has 0 saturated heterocycles. The van der Waals surface area contributed by atoms with Crippen LogP contribution in [0.1, 0.15) is 52.2 Å². The molecule has 0 saturated carbocycles. The van der Waals surface area contributed by atoms with Crippen molar-refractivity contribution in [3.63, 3.8) is 0 Å². The second-order valence-electron chi connectivity index (χ2n) is 5.49. The van der Waals surface area contributed by atoms with Gasteiger partial charge < -0.3 is 5.11 Å². The number of rotatable bonds is 6. The molecule has 1 aromatic carbocycles. The molecular weight excluding hydrogens is 262 g/mol. The number of hydrogen-bond acceptors (Lipinski definition) is 3. The topological polar surface area (TPSA) is 66.4 Å². The largest absolute Gasteiger partial charge is 0.389 e. The van der Waals surface area contributed by atoms with Crippen LogP contribution in [0, 0.1) is 0 Å². The Labute approximate surface area is 115 Å². The lowest BCUT2D eigenvalue weighted by atomic mass is 10.0. The van der Waals surface area contributed by atoms with Gasteiger partial charge in [0.15, 0.2) is 0 Å². The van der Waals surface area contributed by atoms with Gasteiger partial charge in [0.25, 0.3) is 0 Å².